The average molecular weight is 338 g/mol. The minimum absolute atomic E-state index is 0.240. The first kappa shape index (κ1) is 17.5. The molecule has 25 heavy (non-hydrogen) atoms. The molecule has 2 heterocycles. The summed E-state index contributed by atoms with van der Waals surface area (Å²) in [5.74, 6) is 2.02. The number of nitriles is 1. The van der Waals surface area contributed by atoms with Crippen LogP contribution in [0.1, 0.15) is 63.8 Å². The highest BCUT2D eigenvalue weighted by Gasteiger charge is 2.30. The van der Waals surface area contributed by atoms with Crippen molar-refractivity contribution in [3.8, 4) is 6.07 Å². The number of likely N-dealkylation sites (tertiary alicyclic amines) is 1. The van der Waals surface area contributed by atoms with Crippen LogP contribution in [0.3, 0.4) is 0 Å². The van der Waals surface area contributed by atoms with E-state index in [0.29, 0.717) is 30.5 Å². The van der Waals surface area contributed by atoms with Crippen LogP contribution < -0.4 is 0 Å². The number of benzene rings is 1. The zero-order chi connectivity index (χ0) is 18.0. The molecule has 0 bridgehead atoms. The standard InChI is InChI=1S/C20H26N4O/c1-4-6-16-10-19(25)23(12-16)13-24-18-8-7-15(11-21)9-17(18)22-20(24)14(3)5-2/h7-9,14,16H,4-6,10,12-13H2,1-3H3. The van der Waals surface area contributed by atoms with Gasteiger partial charge in [-0.15, -0.1) is 0 Å². The summed E-state index contributed by atoms with van der Waals surface area (Å²) in [4.78, 5) is 19.2. The second kappa shape index (κ2) is 7.26. The largest absolute Gasteiger partial charge is 0.324 e. The lowest BCUT2D eigenvalue weighted by Crippen LogP contribution is -2.29. The highest BCUT2D eigenvalue weighted by atomic mass is 16.2. The van der Waals surface area contributed by atoms with Gasteiger partial charge in [-0.05, 0) is 37.0 Å². The third-order valence-corrected chi connectivity index (χ3v) is 5.26. The van der Waals surface area contributed by atoms with Crippen molar-refractivity contribution in [3.63, 3.8) is 0 Å². The van der Waals surface area contributed by atoms with Gasteiger partial charge in [-0.3, -0.25) is 4.79 Å². The number of fused-ring (bicyclic) bond motifs is 1. The van der Waals surface area contributed by atoms with Gasteiger partial charge in [-0.25, -0.2) is 4.98 Å². The molecule has 1 aromatic carbocycles. The summed E-state index contributed by atoms with van der Waals surface area (Å²) in [5, 5.41) is 9.14. The first-order chi connectivity index (χ1) is 12.1. The van der Waals surface area contributed by atoms with Crippen LogP contribution in [0.5, 0.6) is 0 Å². The molecule has 1 fully saturated rings. The second-order valence-corrected chi connectivity index (χ2v) is 7.14. The Morgan fingerprint density at radius 3 is 2.88 bits per heavy atom. The molecule has 0 saturated carbocycles. The Labute approximate surface area is 149 Å². The number of imidazole rings is 1. The Kier molecular flexibility index (Phi) is 5.08. The maximum Gasteiger partial charge on any atom is 0.224 e. The fourth-order valence-electron chi connectivity index (χ4n) is 3.69. The first-order valence-electron chi connectivity index (χ1n) is 9.25. The van der Waals surface area contributed by atoms with Gasteiger partial charge in [0.25, 0.3) is 0 Å². The fraction of sp³-hybridized carbons (Fsp3) is 0.550. The molecule has 1 aliphatic heterocycles. The predicted molar refractivity (Wildman–Crippen MR) is 97.9 cm³/mol. The van der Waals surface area contributed by atoms with Crippen molar-refractivity contribution < 1.29 is 4.79 Å². The third kappa shape index (κ3) is 3.39. The molecule has 2 atom stereocenters. The maximum atomic E-state index is 12.4. The average Bonchev–Trinajstić information content (AvgIpc) is 3.15. The molecule has 1 saturated heterocycles. The van der Waals surface area contributed by atoms with Crippen molar-refractivity contribution in [1.82, 2.24) is 14.5 Å². The van der Waals surface area contributed by atoms with Crippen molar-refractivity contribution in [2.75, 3.05) is 6.54 Å². The van der Waals surface area contributed by atoms with Gasteiger partial charge in [-0.2, -0.15) is 5.26 Å². The SMILES string of the molecule is CCCC1CC(=O)N(Cn2c(C(C)CC)nc3cc(C#N)ccc32)C1. The van der Waals surface area contributed by atoms with Gasteiger partial charge in [0, 0.05) is 18.9 Å². The lowest BCUT2D eigenvalue weighted by Gasteiger charge is -2.21. The van der Waals surface area contributed by atoms with E-state index in [4.69, 9.17) is 10.2 Å². The van der Waals surface area contributed by atoms with Crippen LogP contribution in [0.4, 0.5) is 0 Å². The van der Waals surface area contributed by atoms with E-state index in [9.17, 15) is 4.79 Å². The molecule has 132 valence electrons. The zero-order valence-corrected chi connectivity index (χ0v) is 15.3. The molecule has 2 aromatic rings. The number of aromatic nitrogens is 2. The molecule has 1 amide bonds. The molecule has 5 nitrogen and oxygen atoms in total. The highest BCUT2D eigenvalue weighted by molar-refractivity contribution is 5.80. The molecule has 1 aliphatic rings. The van der Waals surface area contributed by atoms with Crippen molar-refractivity contribution >= 4 is 16.9 Å². The van der Waals surface area contributed by atoms with E-state index < -0.39 is 0 Å². The Bertz CT molecular complexity index is 817. The monoisotopic (exact) mass is 338 g/mol. The van der Waals surface area contributed by atoms with Gasteiger partial charge in [0.15, 0.2) is 0 Å². The Morgan fingerprint density at radius 1 is 1.40 bits per heavy atom. The summed E-state index contributed by atoms with van der Waals surface area (Å²) in [6.45, 7) is 7.87. The Balaban J connectivity index is 1.96. The molecule has 3 rings (SSSR count). The normalized spacial score (nSPS) is 18.7. The summed E-state index contributed by atoms with van der Waals surface area (Å²) in [5.41, 5.74) is 2.46. The number of carbonyl (C=O) groups is 1. The van der Waals surface area contributed by atoms with E-state index in [0.717, 1.165) is 42.7 Å². The number of nitrogens with zero attached hydrogens (tertiary/aromatic N) is 4. The molecule has 0 spiro atoms. The van der Waals surface area contributed by atoms with Gasteiger partial charge >= 0.3 is 0 Å². The lowest BCUT2D eigenvalue weighted by atomic mass is 10.0. The quantitative estimate of drug-likeness (QED) is 0.799. The lowest BCUT2D eigenvalue weighted by molar-refractivity contribution is -0.129. The minimum Gasteiger partial charge on any atom is -0.324 e. The number of hydrogen-bond donors (Lipinski definition) is 0. The summed E-state index contributed by atoms with van der Waals surface area (Å²) in [7, 11) is 0. The van der Waals surface area contributed by atoms with Gasteiger partial charge in [-0.1, -0.05) is 27.2 Å². The third-order valence-electron chi connectivity index (χ3n) is 5.26. The van der Waals surface area contributed by atoms with E-state index in [1.165, 1.54) is 0 Å². The molecule has 5 heteroatoms. The molecule has 0 N–H and O–H groups in total. The summed E-state index contributed by atoms with van der Waals surface area (Å²) in [6, 6.07) is 7.80. The van der Waals surface area contributed by atoms with Gasteiger partial charge in [0.2, 0.25) is 5.91 Å². The topological polar surface area (TPSA) is 61.9 Å². The molecule has 0 radical (unpaired) electrons. The van der Waals surface area contributed by atoms with Crippen molar-refractivity contribution in [1.29, 1.82) is 5.26 Å². The van der Waals surface area contributed by atoms with E-state index >= 15 is 0 Å². The molecule has 2 unspecified atom stereocenters. The van der Waals surface area contributed by atoms with Gasteiger partial charge < -0.3 is 9.47 Å². The zero-order valence-electron chi connectivity index (χ0n) is 15.3. The van der Waals surface area contributed by atoms with Crippen LogP contribution in [0.2, 0.25) is 0 Å². The minimum atomic E-state index is 0.240. The van der Waals surface area contributed by atoms with Crippen molar-refractivity contribution in [3.05, 3.63) is 29.6 Å². The molecular weight excluding hydrogens is 312 g/mol. The van der Waals surface area contributed by atoms with Gasteiger partial charge in [0.1, 0.15) is 5.82 Å². The van der Waals surface area contributed by atoms with E-state index in [2.05, 4.69) is 31.4 Å². The second-order valence-electron chi connectivity index (χ2n) is 7.14. The van der Waals surface area contributed by atoms with Crippen LogP contribution >= 0.6 is 0 Å². The summed E-state index contributed by atoms with van der Waals surface area (Å²) in [6.07, 6.45) is 3.88. The smallest absolute Gasteiger partial charge is 0.224 e. The van der Waals surface area contributed by atoms with Crippen LogP contribution in [0.15, 0.2) is 18.2 Å². The Morgan fingerprint density at radius 2 is 2.20 bits per heavy atom. The number of hydrogen-bond acceptors (Lipinski definition) is 3. The molecule has 1 aromatic heterocycles. The predicted octanol–water partition coefficient (Wildman–Crippen LogP) is 4.03. The fourth-order valence-corrected chi connectivity index (χ4v) is 3.69. The Hall–Kier alpha value is -2.35. The highest BCUT2D eigenvalue weighted by Crippen LogP contribution is 2.28. The first-order valence-corrected chi connectivity index (χ1v) is 9.25. The van der Waals surface area contributed by atoms with Crippen LogP contribution in [0, 0.1) is 17.2 Å². The van der Waals surface area contributed by atoms with Crippen LogP contribution in [-0.2, 0) is 11.5 Å². The van der Waals surface area contributed by atoms with E-state index in [1.54, 1.807) is 0 Å². The number of amides is 1. The van der Waals surface area contributed by atoms with Crippen LogP contribution in [0.25, 0.3) is 11.0 Å². The van der Waals surface area contributed by atoms with Crippen molar-refractivity contribution in [2.45, 2.75) is 59.0 Å². The van der Waals surface area contributed by atoms with E-state index in [1.807, 2.05) is 23.1 Å². The molecule has 0 aliphatic carbocycles. The van der Waals surface area contributed by atoms with Crippen LogP contribution in [-0.4, -0.2) is 26.9 Å². The molecular formula is C20H26N4O. The number of carbonyl (C=O) groups excluding carboxylic acids is 1. The summed E-state index contributed by atoms with van der Waals surface area (Å²) < 4.78 is 2.16. The van der Waals surface area contributed by atoms with Crippen molar-refractivity contribution in [2.24, 2.45) is 5.92 Å². The number of rotatable bonds is 6. The van der Waals surface area contributed by atoms with E-state index in [-0.39, 0.29) is 5.91 Å². The maximum absolute atomic E-state index is 12.4. The van der Waals surface area contributed by atoms with Gasteiger partial charge in [0.05, 0.1) is 29.3 Å². The summed E-state index contributed by atoms with van der Waals surface area (Å²) >= 11 is 0.